The molecule has 1 heterocycles. The molecular formula is C22H18FN3. The molecule has 4 aromatic rings. The number of hydrogen-bond donors (Lipinski definition) is 1. The monoisotopic (exact) mass is 343 g/mol. The number of nitrogens with one attached hydrogen (secondary N) is 1. The van der Waals surface area contributed by atoms with Gasteiger partial charge in [-0.15, -0.1) is 0 Å². The largest absolute Gasteiger partial charge is 0.365 e. The van der Waals surface area contributed by atoms with E-state index in [2.05, 4.69) is 22.4 Å². The summed E-state index contributed by atoms with van der Waals surface area (Å²) in [4.78, 5) is 9.41. The lowest BCUT2D eigenvalue weighted by molar-refractivity contribution is 0.626. The number of para-hydroxylation sites is 1. The van der Waals surface area contributed by atoms with E-state index >= 15 is 0 Å². The minimum Gasteiger partial charge on any atom is -0.365 e. The molecule has 0 aliphatic carbocycles. The van der Waals surface area contributed by atoms with Crippen LogP contribution < -0.4 is 5.32 Å². The van der Waals surface area contributed by atoms with Crippen LogP contribution in [-0.2, 0) is 13.0 Å². The average Bonchev–Trinajstić information content (AvgIpc) is 2.67. The number of anilines is 1. The van der Waals surface area contributed by atoms with E-state index in [0.29, 0.717) is 13.0 Å². The van der Waals surface area contributed by atoms with Gasteiger partial charge >= 0.3 is 0 Å². The van der Waals surface area contributed by atoms with E-state index in [0.717, 1.165) is 28.1 Å². The Morgan fingerprint density at radius 2 is 1.54 bits per heavy atom. The van der Waals surface area contributed by atoms with Crippen LogP contribution in [0, 0.1) is 5.82 Å². The Hall–Kier alpha value is -3.27. The van der Waals surface area contributed by atoms with E-state index in [4.69, 9.17) is 4.98 Å². The predicted molar refractivity (Wildman–Crippen MR) is 103 cm³/mol. The lowest BCUT2D eigenvalue weighted by Gasteiger charge is -2.11. The fourth-order valence-electron chi connectivity index (χ4n) is 2.95. The van der Waals surface area contributed by atoms with Gasteiger partial charge in [0, 0.05) is 18.4 Å². The van der Waals surface area contributed by atoms with Gasteiger partial charge in [-0.1, -0.05) is 54.6 Å². The summed E-state index contributed by atoms with van der Waals surface area (Å²) < 4.78 is 13.4. The van der Waals surface area contributed by atoms with Crippen molar-refractivity contribution in [3.8, 4) is 0 Å². The summed E-state index contributed by atoms with van der Waals surface area (Å²) in [5, 5.41) is 4.30. The van der Waals surface area contributed by atoms with Gasteiger partial charge in [0.05, 0.1) is 5.52 Å². The van der Waals surface area contributed by atoms with Crippen LogP contribution in [0.4, 0.5) is 10.2 Å². The van der Waals surface area contributed by atoms with Crippen LogP contribution in [0.25, 0.3) is 10.9 Å². The zero-order chi connectivity index (χ0) is 17.8. The maximum Gasteiger partial charge on any atom is 0.137 e. The summed E-state index contributed by atoms with van der Waals surface area (Å²) in [7, 11) is 0. The molecule has 0 saturated heterocycles. The van der Waals surface area contributed by atoms with Crippen LogP contribution in [-0.4, -0.2) is 9.97 Å². The van der Waals surface area contributed by atoms with Crippen molar-refractivity contribution in [2.75, 3.05) is 5.32 Å². The molecule has 4 rings (SSSR count). The molecule has 26 heavy (non-hydrogen) atoms. The Morgan fingerprint density at radius 1 is 0.769 bits per heavy atom. The van der Waals surface area contributed by atoms with Crippen LogP contribution >= 0.6 is 0 Å². The normalized spacial score (nSPS) is 10.8. The van der Waals surface area contributed by atoms with Crippen molar-refractivity contribution < 1.29 is 4.39 Å². The van der Waals surface area contributed by atoms with Gasteiger partial charge in [-0.25, -0.2) is 14.4 Å². The first kappa shape index (κ1) is 16.2. The molecule has 0 atom stereocenters. The maximum atomic E-state index is 13.4. The number of aromatic nitrogens is 2. The average molecular weight is 343 g/mol. The number of rotatable bonds is 5. The molecule has 0 radical (unpaired) electrons. The van der Waals surface area contributed by atoms with Crippen LogP contribution in [0.1, 0.15) is 17.0 Å². The third-order valence-corrected chi connectivity index (χ3v) is 4.20. The van der Waals surface area contributed by atoms with Crippen molar-refractivity contribution >= 4 is 16.7 Å². The first-order valence-electron chi connectivity index (χ1n) is 8.56. The van der Waals surface area contributed by atoms with Crippen molar-refractivity contribution in [2.24, 2.45) is 0 Å². The Morgan fingerprint density at radius 3 is 2.38 bits per heavy atom. The lowest BCUT2D eigenvalue weighted by Crippen LogP contribution is -2.06. The second-order valence-corrected chi connectivity index (χ2v) is 6.15. The molecular weight excluding hydrogens is 325 g/mol. The highest BCUT2D eigenvalue weighted by atomic mass is 19.1. The van der Waals surface area contributed by atoms with Crippen molar-refractivity contribution in [3.63, 3.8) is 0 Å². The van der Waals surface area contributed by atoms with Crippen molar-refractivity contribution in [2.45, 2.75) is 13.0 Å². The second kappa shape index (κ2) is 7.31. The van der Waals surface area contributed by atoms with E-state index in [9.17, 15) is 4.39 Å². The number of benzene rings is 3. The molecule has 0 spiro atoms. The fourth-order valence-corrected chi connectivity index (χ4v) is 2.95. The molecule has 0 saturated carbocycles. The minimum atomic E-state index is -0.235. The maximum absolute atomic E-state index is 13.4. The topological polar surface area (TPSA) is 37.8 Å². The number of hydrogen-bond acceptors (Lipinski definition) is 3. The third kappa shape index (κ3) is 3.70. The van der Waals surface area contributed by atoms with Crippen LogP contribution in [0.15, 0.2) is 78.9 Å². The molecule has 0 fully saturated rings. The Balaban J connectivity index is 1.65. The van der Waals surface area contributed by atoms with Gasteiger partial charge in [-0.05, 0) is 35.4 Å². The summed E-state index contributed by atoms with van der Waals surface area (Å²) in [6.45, 7) is 0.504. The second-order valence-electron chi connectivity index (χ2n) is 6.15. The quantitative estimate of drug-likeness (QED) is 0.556. The fraction of sp³-hybridized carbons (Fsp3) is 0.0909. The van der Waals surface area contributed by atoms with Gasteiger partial charge in [0.2, 0.25) is 0 Å². The zero-order valence-electron chi connectivity index (χ0n) is 14.2. The van der Waals surface area contributed by atoms with Crippen LogP contribution in [0.3, 0.4) is 0 Å². The van der Waals surface area contributed by atoms with Gasteiger partial charge in [-0.2, -0.15) is 0 Å². The zero-order valence-corrected chi connectivity index (χ0v) is 14.2. The summed E-state index contributed by atoms with van der Waals surface area (Å²) in [5.41, 5.74) is 2.94. The first-order chi connectivity index (χ1) is 12.8. The molecule has 1 aromatic heterocycles. The molecule has 0 aliphatic rings. The minimum absolute atomic E-state index is 0.235. The highest BCUT2D eigenvalue weighted by Crippen LogP contribution is 2.22. The van der Waals surface area contributed by atoms with Crippen molar-refractivity contribution in [3.05, 3.63) is 102 Å². The Kier molecular flexibility index (Phi) is 4.56. The molecule has 3 nitrogen and oxygen atoms in total. The molecule has 0 aliphatic heterocycles. The Bertz CT molecular complexity index is 1030. The molecule has 1 N–H and O–H groups in total. The first-order valence-corrected chi connectivity index (χ1v) is 8.56. The number of halogens is 1. The number of fused-ring (bicyclic) bond motifs is 1. The lowest BCUT2D eigenvalue weighted by atomic mass is 10.1. The van der Waals surface area contributed by atoms with Gasteiger partial charge in [0.1, 0.15) is 17.5 Å². The standard InChI is InChI=1S/C22H18FN3/c23-18-10-6-9-17(13-18)15-24-22-19-11-4-5-12-20(19)25-21(26-22)14-16-7-2-1-3-8-16/h1-13H,14-15H2,(H,24,25,26). The SMILES string of the molecule is Fc1cccc(CNc2nc(Cc3ccccc3)nc3ccccc23)c1. The van der Waals surface area contributed by atoms with Gasteiger partial charge < -0.3 is 5.32 Å². The van der Waals surface area contributed by atoms with Crippen LogP contribution in [0.5, 0.6) is 0 Å². The van der Waals surface area contributed by atoms with Gasteiger partial charge in [0.15, 0.2) is 0 Å². The van der Waals surface area contributed by atoms with Crippen molar-refractivity contribution in [1.82, 2.24) is 9.97 Å². The molecule has 4 heteroatoms. The van der Waals surface area contributed by atoms with Gasteiger partial charge in [0.25, 0.3) is 0 Å². The van der Waals surface area contributed by atoms with E-state index in [1.165, 1.54) is 17.7 Å². The summed E-state index contributed by atoms with van der Waals surface area (Å²) >= 11 is 0. The Labute approximate surface area is 151 Å². The summed E-state index contributed by atoms with van der Waals surface area (Å²) in [6, 6.07) is 24.7. The van der Waals surface area contributed by atoms with E-state index < -0.39 is 0 Å². The molecule has 0 amide bonds. The van der Waals surface area contributed by atoms with Crippen molar-refractivity contribution in [1.29, 1.82) is 0 Å². The summed E-state index contributed by atoms with van der Waals surface area (Å²) in [6.07, 6.45) is 0.667. The molecule has 3 aromatic carbocycles. The molecule has 0 bridgehead atoms. The van der Waals surface area contributed by atoms with E-state index in [1.807, 2.05) is 48.5 Å². The summed E-state index contributed by atoms with van der Waals surface area (Å²) in [5.74, 6) is 1.30. The predicted octanol–water partition coefficient (Wildman–Crippen LogP) is 4.97. The van der Waals surface area contributed by atoms with Gasteiger partial charge in [-0.3, -0.25) is 0 Å². The molecule has 0 unspecified atom stereocenters. The highest BCUT2D eigenvalue weighted by Gasteiger charge is 2.08. The molecule has 128 valence electrons. The smallest absolute Gasteiger partial charge is 0.137 e. The van der Waals surface area contributed by atoms with E-state index in [1.54, 1.807) is 6.07 Å². The van der Waals surface area contributed by atoms with E-state index in [-0.39, 0.29) is 5.82 Å². The van der Waals surface area contributed by atoms with Crippen LogP contribution in [0.2, 0.25) is 0 Å². The third-order valence-electron chi connectivity index (χ3n) is 4.20. The highest BCUT2D eigenvalue weighted by molar-refractivity contribution is 5.89. The number of nitrogens with zero attached hydrogens (tertiary/aromatic N) is 2.